The Labute approximate surface area is 245 Å². The zero-order valence-electron chi connectivity index (χ0n) is 23.5. The quantitative estimate of drug-likeness (QED) is 0.255. The Balaban J connectivity index is 1.50. The van der Waals surface area contributed by atoms with Crippen molar-refractivity contribution in [1.82, 2.24) is 9.80 Å². The number of nitrogens with zero attached hydrogens (tertiary/aromatic N) is 2. The van der Waals surface area contributed by atoms with Crippen LogP contribution in [0.15, 0.2) is 52.3 Å². The number of carbonyl (C=O) groups excluding carboxylic acids is 3. The molecule has 13 heteroatoms. The number of methoxy groups -OCH3 is 1. The van der Waals surface area contributed by atoms with Crippen LogP contribution in [0.3, 0.4) is 0 Å². The summed E-state index contributed by atoms with van der Waals surface area (Å²) in [5, 5.41) is 0. The predicted molar refractivity (Wildman–Crippen MR) is 147 cm³/mol. The third kappa shape index (κ3) is 7.77. The van der Waals surface area contributed by atoms with E-state index in [4.69, 9.17) is 19.2 Å². The lowest BCUT2D eigenvalue weighted by atomic mass is 10.1. The van der Waals surface area contributed by atoms with Gasteiger partial charge in [0.15, 0.2) is 5.75 Å². The van der Waals surface area contributed by atoms with E-state index in [-0.39, 0.29) is 30.1 Å². The summed E-state index contributed by atoms with van der Waals surface area (Å²) in [6.07, 6.45) is -2.33. The maximum Gasteiger partial charge on any atom is 0.417 e. The molecular formula is C29H31F3N2O7S. The van der Waals surface area contributed by atoms with E-state index in [1.54, 1.807) is 39.0 Å². The number of halogens is 3. The molecule has 2 heterocycles. The van der Waals surface area contributed by atoms with E-state index in [0.717, 1.165) is 36.6 Å². The standard InChI is InChI=1S/C29H31F3N2O7S/c1-28(2,3)40-27(37)33-12-13-34(22(17-33)26(36)38-4)25(35)10-6-18-5-9-24(21(15-18)29(30,31)32)42-20-7-8-23-19(16-20)11-14-39-41-23/h5-10,15-16,22H,11-14,17H2,1-4H3/b10-6+. The van der Waals surface area contributed by atoms with Crippen LogP contribution in [-0.4, -0.2) is 72.8 Å². The Hall–Kier alpha value is -3.71. The number of benzene rings is 2. The topological polar surface area (TPSA) is 94.6 Å². The molecule has 0 aliphatic carbocycles. The maximum absolute atomic E-state index is 14.0. The van der Waals surface area contributed by atoms with E-state index in [1.165, 1.54) is 28.0 Å². The van der Waals surface area contributed by atoms with Crippen LogP contribution in [0, 0.1) is 0 Å². The molecule has 0 aromatic heterocycles. The van der Waals surface area contributed by atoms with Gasteiger partial charge < -0.3 is 24.2 Å². The van der Waals surface area contributed by atoms with Gasteiger partial charge in [0, 0.05) is 40.9 Å². The van der Waals surface area contributed by atoms with E-state index < -0.39 is 41.4 Å². The summed E-state index contributed by atoms with van der Waals surface area (Å²) < 4.78 is 52.3. The van der Waals surface area contributed by atoms with Crippen LogP contribution in [0.2, 0.25) is 0 Å². The van der Waals surface area contributed by atoms with Crippen LogP contribution < -0.4 is 4.89 Å². The molecule has 0 radical (unpaired) electrons. The van der Waals surface area contributed by atoms with Crippen molar-refractivity contribution in [2.24, 2.45) is 0 Å². The van der Waals surface area contributed by atoms with Gasteiger partial charge in [-0.1, -0.05) is 17.8 Å². The SMILES string of the molecule is COC(=O)C1CN(C(=O)OC(C)(C)C)CCN1C(=O)/C=C/c1ccc(Sc2ccc3c(c2)CCOO3)c(C(F)(F)F)c1. The average Bonchev–Trinajstić information content (AvgIpc) is 2.94. The fraction of sp³-hybridized carbons (Fsp3) is 0.414. The molecule has 2 aliphatic rings. The number of hydrogen-bond acceptors (Lipinski definition) is 8. The lowest BCUT2D eigenvalue weighted by Crippen LogP contribution is -2.59. The molecule has 1 fully saturated rings. The lowest BCUT2D eigenvalue weighted by molar-refractivity contribution is -0.215. The smallest absolute Gasteiger partial charge is 0.417 e. The van der Waals surface area contributed by atoms with Crippen molar-refractivity contribution in [3.63, 3.8) is 0 Å². The molecule has 2 aromatic rings. The first kappa shape index (κ1) is 31.2. The van der Waals surface area contributed by atoms with E-state index >= 15 is 0 Å². The van der Waals surface area contributed by atoms with Crippen molar-refractivity contribution in [1.29, 1.82) is 0 Å². The summed E-state index contributed by atoms with van der Waals surface area (Å²) in [6, 6.07) is 7.79. The second kappa shape index (κ2) is 12.7. The Morgan fingerprint density at radius 2 is 1.83 bits per heavy atom. The van der Waals surface area contributed by atoms with E-state index in [2.05, 4.69) is 0 Å². The summed E-state index contributed by atoms with van der Waals surface area (Å²) in [5.41, 5.74) is -0.604. The van der Waals surface area contributed by atoms with Gasteiger partial charge in [0.05, 0.1) is 25.8 Å². The van der Waals surface area contributed by atoms with Gasteiger partial charge in [0.25, 0.3) is 0 Å². The molecule has 226 valence electrons. The number of amides is 2. The number of alkyl halides is 3. The highest BCUT2D eigenvalue weighted by Gasteiger charge is 2.38. The van der Waals surface area contributed by atoms with Crippen LogP contribution in [0.5, 0.6) is 5.75 Å². The van der Waals surface area contributed by atoms with Crippen LogP contribution >= 0.6 is 11.8 Å². The minimum atomic E-state index is -4.64. The molecule has 2 aliphatic heterocycles. The molecule has 2 amide bonds. The molecule has 9 nitrogen and oxygen atoms in total. The van der Waals surface area contributed by atoms with Crippen molar-refractivity contribution in [2.45, 2.75) is 54.8 Å². The van der Waals surface area contributed by atoms with Crippen molar-refractivity contribution in [3.05, 3.63) is 59.2 Å². The number of esters is 1. The molecule has 4 rings (SSSR count). The number of hydrogen-bond donors (Lipinski definition) is 0. The van der Waals surface area contributed by atoms with E-state index in [9.17, 15) is 27.6 Å². The summed E-state index contributed by atoms with van der Waals surface area (Å²) in [6.45, 7) is 5.45. The molecule has 1 atom stereocenters. The van der Waals surface area contributed by atoms with E-state index in [0.29, 0.717) is 23.7 Å². The first-order valence-corrected chi connectivity index (χ1v) is 13.9. The zero-order valence-corrected chi connectivity index (χ0v) is 24.3. The van der Waals surface area contributed by atoms with Gasteiger partial charge in [-0.05, 0) is 62.7 Å². The fourth-order valence-electron chi connectivity index (χ4n) is 4.38. The van der Waals surface area contributed by atoms with Gasteiger partial charge in [-0.2, -0.15) is 18.1 Å². The number of rotatable bonds is 5. The molecule has 42 heavy (non-hydrogen) atoms. The summed E-state index contributed by atoms with van der Waals surface area (Å²) >= 11 is 0.972. The summed E-state index contributed by atoms with van der Waals surface area (Å²) in [7, 11) is 1.16. The number of fused-ring (bicyclic) bond motifs is 1. The van der Waals surface area contributed by atoms with Crippen molar-refractivity contribution >= 4 is 35.8 Å². The monoisotopic (exact) mass is 608 g/mol. The van der Waals surface area contributed by atoms with Gasteiger partial charge in [0.2, 0.25) is 5.91 Å². The number of carbonyl (C=O) groups is 3. The second-order valence-electron chi connectivity index (χ2n) is 10.6. The van der Waals surface area contributed by atoms with Crippen LogP contribution in [-0.2, 0) is 36.5 Å². The first-order valence-electron chi connectivity index (χ1n) is 13.1. The van der Waals surface area contributed by atoms with Gasteiger partial charge in [-0.25, -0.2) is 9.59 Å². The highest BCUT2D eigenvalue weighted by Crippen LogP contribution is 2.41. The molecular weight excluding hydrogens is 577 g/mol. The molecule has 0 bridgehead atoms. The molecule has 1 unspecified atom stereocenters. The Morgan fingerprint density at radius 3 is 2.52 bits per heavy atom. The molecule has 2 aromatic carbocycles. The molecule has 1 saturated heterocycles. The van der Waals surface area contributed by atoms with Crippen molar-refractivity contribution in [2.75, 3.05) is 33.4 Å². The van der Waals surface area contributed by atoms with Crippen LogP contribution in [0.1, 0.15) is 37.5 Å². The van der Waals surface area contributed by atoms with Crippen molar-refractivity contribution < 1.29 is 46.8 Å². The summed E-state index contributed by atoms with van der Waals surface area (Å²) in [4.78, 5) is 51.2. The minimum absolute atomic E-state index is 0.00271. The zero-order chi connectivity index (χ0) is 30.7. The predicted octanol–water partition coefficient (Wildman–Crippen LogP) is 5.36. The Kier molecular flexibility index (Phi) is 9.41. The minimum Gasteiger partial charge on any atom is -0.467 e. The molecule has 0 N–H and O–H groups in total. The van der Waals surface area contributed by atoms with Crippen LogP contribution in [0.25, 0.3) is 6.08 Å². The third-order valence-corrected chi connectivity index (χ3v) is 7.44. The Bertz CT molecular complexity index is 1370. The third-order valence-electron chi connectivity index (χ3n) is 6.38. The largest absolute Gasteiger partial charge is 0.467 e. The normalized spacial score (nSPS) is 17.5. The molecule has 0 saturated carbocycles. The highest BCUT2D eigenvalue weighted by molar-refractivity contribution is 7.99. The first-order chi connectivity index (χ1) is 19.7. The fourth-order valence-corrected chi connectivity index (χ4v) is 5.39. The van der Waals surface area contributed by atoms with Gasteiger partial charge in [-0.3, -0.25) is 4.79 Å². The van der Waals surface area contributed by atoms with Crippen LogP contribution in [0.4, 0.5) is 18.0 Å². The Morgan fingerprint density at radius 1 is 1.07 bits per heavy atom. The molecule has 0 spiro atoms. The summed E-state index contributed by atoms with van der Waals surface area (Å²) in [5.74, 6) is -0.805. The highest BCUT2D eigenvalue weighted by atomic mass is 32.2. The number of piperazine rings is 1. The van der Waals surface area contributed by atoms with Crippen molar-refractivity contribution in [3.8, 4) is 5.75 Å². The maximum atomic E-state index is 14.0. The van der Waals surface area contributed by atoms with Gasteiger partial charge in [0.1, 0.15) is 11.6 Å². The average molecular weight is 609 g/mol. The number of ether oxygens (including phenoxy) is 2. The second-order valence-corrected chi connectivity index (χ2v) is 11.7. The van der Waals surface area contributed by atoms with Gasteiger partial charge >= 0.3 is 18.2 Å². The lowest BCUT2D eigenvalue weighted by Gasteiger charge is -2.39. The van der Waals surface area contributed by atoms with E-state index in [1.807, 2.05) is 0 Å². The van der Waals surface area contributed by atoms with Gasteiger partial charge in [-0.15, -0.1) is 0 Å².